The van der Waals surface area contributed by atoms with Crippen LogP contribution in [0.5, 0.6) is 0 Å². The standard InChI is InChI=1S/C17H8F3N5O4S/c18-17(19,20)15-23-24-13(21)11(14(26)22-16(24)30-15)7-10-4-5-12(29-10)8-2-1-3-9(6-8)25(27)28/h1-7,21H/b11-7+,21-13?. The van der Waals surface area contributed by atoms with E-state index in [1.165, 1.54) is 30.3 Å². The molecule has 0 saturated heterocycles. The van der Waals surface area contributed by atoms with E-state index in [0.717, 1.165) is 6.08 Å². The first-order valence-corrected chi connectivity index (χ1v) is 8.87. The van der Waals surface area contributed by atoms with Crippen molar-refractivity contribution >= 4 is 45.5 Å². The van der Waals surface area contributed by atoms with E-state index in [0.29, 0.717) is 10.6 Å². The summed E-state index contributed by atoms with van der Waals surface area (Å²) in [6.07, 6.45) is -3.58. The molecule has 3 heterocycles. The van der Waals surface area contributed by atoms with E-state index in [4.69, 9.17) is 9.83 Å². The van der Waals surface area contributed by atoms with Crippen LogP contribution in [0.2, 0.25) is 0 Å². The molecule has 0 spiro atoms. The fraction of sp³-hybridized carbons (Fsp3) is 0.0588. The number of benzene rings is 1. The fourth-order valence-corrected chi connectivity index (χ4v) is 3.37. The third-order valence-corrected chi connectivity index (χ3v) is 4.91. The van der Waals surface area contributed by atoms with Gasteiger partial charge < -0.3 is 4.42 Å². The molecule has 1 N–H and O–H groups in total. The number of amides is 1. The number of nitro groups is 1. The lowest BCUT2D eigenvalue weighted by Gasteiger charge is -2.19. The summed E-state index contributed by atoms with van der Waals surface area (Å²) in [6, 6.07) is 8.63. The van der Waals surface area contributed by atoms with Crippen molar-refractivity contribution in [1.82, 2.24) is 5.01 Å². The smallest absolute Gasteiger partial charge is 0.441 e. The molecule has 1 amide bonds. The second-order valence-corrected chi connectivity index (χ2v) is 6.89. The van der Waals surface area contributed by atoms with Crippen molar-refractivity contribution in [3.63, 3.8) is 0 Å². The number of nitro benzene ring substituents is 1. The van der Waals surface area contributed by atoms with Gasteiger partial charge in [0.05, 0.1) is 10.5 Å². The van der Waals surface area contributed by atoms with Crippen LogP contribution in [-0.2, 0) is 4.79 Å². The molecular formula is C17H8F3N5O4S. The minimum atomic E-state index is -4.73. The predicted molar refractivity (Wildman–Crippen MR) is 102 cm³/mol. The van der Waals surface area contributed by atoms with Crippen molar-refractivity contribution in [2.24, 2.45) is 10.1 Å². The van der Waals surface area contributed by atoms with Crippen LogP contribution < -0.4 is 0 Å². The third-order valence-electron chi connectivity index (χ3n) is 3.95. The van der Waals surface area contributed by atoms with Gasteiger partial charge in [0, 0.05) is 17.7 Å². The molecule has 0 fully saturated rings. The summed E-state index contributed by atoms with van der Waals surface area (Å²) < 4.78 is 44.1. The summed E-state index contributed by atoms with van der Waals surface area (Å²) in [5.74, 6) is -1.12. The maximum Gasteiger partial charge on any atom is 0.441 e. The van der Waals surface area contributed by atoms with Crippen LogP contribution in [0.3, 0.4) is 0 Å². The Hall–Kier alpha value is -3.74. The van der Waals surface area contributed by atoms with Gasteiger partial charge in [0.1, 0.15) is 11.5 Å². The number of non-ortho nitro benzene ring substituents is 1. The molecule has 0 bridgehead atoms. The maximum atomic E-state index is 12.9. The van der Waals surface area contributed by atoms with Gasteiger partial charge in [0.15, 0.2) is 5.84 Å². The summed E-state index contributed by atoms with van der Waals surface area (Å²) in [6.45, 7) is 0. The molecule has 0 unspecified atom stereocenters. The Bertz CT molecular complexity index is 1200. The highest BCUT2D eigenvalue weighted by molar-refractivity contribution is 8.27. The number of furan rings is 1. The van der Waals surface area contributed by atoms with Crippen LogP contribution in [0.15, 0.2) is 56.5 Å². The van der Waals surface area contributed by atoms with Crippen LogP contribution in [0.25, 0.3) is 17.4 Å². The molecule has 30 heavy (non-hydrogen) atoms. The summed E-state index contributed by atoms with van der Waals surface area (Å²) >= 11 is 0.156. The average Bonchev–Trinajstić information content (AvgIpc) is 3.32. The number of thioether (sulfide) groups is 1. The minimum absolute atomic E-state index is 0.107. The van der Waals surface area contributed by atoms with E-state index >= 15 is 0 Å². The first kappa shape index (κ1) is 19.6. The molecule has 13 heteroatoms. The van der Waals surface area contributed by atoms with Crippen LogP contribution >= 0.6 is 11.8 Å². The van der Waals surface area contributed by atoms with Gasteiger partial charge in [-0.1, -0.05) is 12.1 Å². The maximum absolute atomic E-state index is 12.9. The predicted octanol–water partition coefficient (Wildman–Crippen LogP) is 4.04. The fourth-order valence-electron chi connectivity index (χ4n) is 2.61. The Morgan fingerprint density at radius 1 is 1.27 bits per heavy atom. The molecule has 152 valence electrons. The van der Waals surface area contributed by atoms with E-state index in [9.17, 15) is 28.1 Å². The Morgan fingerprint density at radius 3 is 2.73 bits per heavy atom. The van der Waals surface area contributed by atoms with E-state index in [1.54, 1.807) is 6.07 Å². The van der Waals surface area contributed by atoms with Crippen molar-refractivity contribution in [3.05, 3.63) is 57.8 Å². The number of hydrogen-bond acceptors (Lipinski definition) is 7. The molecule has 0 radical (unpaired) electrons. The van der Waals surface area contributed by atoms with Gasteiger partial charge in [-0.15, -0.1) is 0 Å². The first-order valence-electron chi connectivity index (χ1n) is 8.05. The topological polar surface area (TPSA) is 125 Å². The van der Waals surface area contributed by atoms with Gasteiger partial charge in [-0.25, -0.2) is 0 Å². The highest BCUT2D eigenvalue weighted by Crippen LogP contribution is 2.35. The van der Waals surface area contributed by atoms with Crippen molar-refractivity contribution in [3.8, 4) is 11.3 Å². The van der Waals surface area contributed by atoms with Crippen molar-refractivity contribution in [1.29, 1.82) is 5.41 Å². The second kappa shape index (κ2) is 6.95. The Balaban J connectivity index is 1.64. The molecule has 1 aromatic carbocycles. The number of nitrogens with zero attached hydrogens (tertiary/aromatic N) is 4. The molecule has 1 aromatic heterocycles. The van der Waals surface area contributed by atoms with Crippen LogP contribution in [0.4, 0.5) is 18.9 Å². The summed E-state index contributed by atoms with van der Waals surface area (Å²) in [4.78, 5) is 26.1. The average molecular weight is 435 g/mol. The number of nitrogens with one attached hydrogen (secondary N) is 1. The monoisotopic (exact) mass is 435 g/mol. The number of hydrazone groups is 1. The number of hydrogen-bond donors (Lipinski definition) is 1. The minimum Gasteiger partial charge on any atom is -0.457 e. The molecule has 4 rings (SSSR count). The number of amidine groups is 2. The highest BCUT2D eigenvalue weighted by atomic mass is 32.2. The molecule has 0 aliphatic carbocycles. The van der Waals surface area contributed by atoms with Gasteiger partial charge in [-0.2, -0.15) is 28.3 Å². The molecular weight excluding hydrogens is 427 g/mol. The van der Waals surface area contributed by atoms with Crippen molar-refractivity contribution < 1.29 is 27.3 Å². The zero-order valence-electron chi connectivity index (χ0n) is 14.5. The summed E-state index contributed by atoms with van der Waals surface area (Å²) in [5, 5.41) is 21.3. The normalized spacial score (nSPS) is 17.8. The molecule has 2 aliphatic heterocycles. The van der Waals surface area contributed by atoms with Crippen molar-refractivity contribution in [2.75, 3.05) is 0 Å². The molecule has 0 saturated carbocycles. The number of carbonyl (C=O) groups excluding carboxylic acids is 1. The van der Waals surface area contributed by atoms with E-state index < -0.39 is 27.9 Å². The lowest BCUT2D eigenvalue weighted by Crippen LogP contribution is -2.35. The van der Waals surface area contributed by atoms with Gasteiger partial charge in [0.2, 0.25) is 10.2 Å². The van der Waals surface area contributed by atoms with Crippen LogP contribution in [0, 0.1) is 15.5 Å². The van der Waals surface area contributed by atoms with E-state index in [2.05, 4.69) is 10.1 Å². The Morgan fingerprint density at radius 2 is 2.03 bits per heavy atom. The number of alkyl halides is 3. The first-order chi connectivity index (χ1) is 14.1. The largest absolute Gasteiger partial charge is 0.457 e. The molecule has 9 nitrogen and oxygen atoms in total. The molecule has 2 aliphatic rings. The SMILES string of the molecule is N=C1/C(=C\c2ccc(-c3cccc([N+](=O)[O-])c3)o2)C(=O)N=C2SC(C(F)(F)F)=NN12. The highest BCUT2D eigenvalue weighted by Gasteiger charge is 2.46. The van der Waals surface area contributed by atoms with Gasteiger partial charge in [-0.3, -0.25) is 20.3 Å². The Labute approximate surface area is 169 Å². The van der Waals surface area contributed by atoms with E-state index in [1.807, 2.05) is 0 Å². The van der Waals surface area contributed by atoms with Crippen LogP contribution in [0.1, 0.15) is 5.76 Å². The summed E-state index contributed by atoms with van der Waals surface area (Å²) in [5.41, 5.74) is -0.0409. The molecule has 0 atom stereocenters. The quantitative estimate of drug-likeness (QED) is 0.441. The van der Waals surface area contributed by atoms with E-state index in [-0.39, 0.29) is 39.7 Å². The lowest BCUT2D eigenvalue weighted by molar-refractivity contribution is -0.384. The number of aliphatic imine (C=N–C) groups is 1. The third kappa shape index (κ3) is 3.50. The zero-order chi connectivity index (χ0) is 21.6. The molecule has 2 aromatic rings. The zero-order valence-corrected chi connectivity index (χ0v) is 15.3. The van der Waals surface area contributed by atoms with Gasteiger partial charge in [0.25, 0.3) is 11.6 Å². The summed E-state index contributed by atoms with van der Waals surface area (Å²) in [7, 11) is 0. The van der Waals surface area contributed by atoms with Crippen LogP contribution in [-0.4, -0.2) is 38.1 Å². The Kier molecular flexibility index (Phi) is 4.53. The van der Waals surface area contributed by atoms with Gasteiger partial charge in [-0.05, 0) is 30.0 Å². The number of halogens is 3. The second-order valence-electron chi connectivity index (χ2n) is 5.93. The van der Waals surface area contributed by atoms with Crippen molar-refractivity contribution in [2.45, 2.75) is 6.18 Å². The lowest BCUT2D eigenvalue weighted by atomic mass is 10.1. The number of fused-ring (bicyclic) bond motifs is 1. The number of carbonyl (C=O) groups is 1. The van der Waals surface area contributed by atoms with Gasteiger partial charge >= 0.3 is 6.18 Å². The number of rotatable bonds is 3.